The lowest BCUT2D eigenvalue weighted by Gasteiger charge is -2.12. The van der Waals surface area contributed by atoms with Crippen molar-refractivity contribution >= 4 is 47.0 Å². The zero-order chi connectivity index (χ0) is 20.7. The number of carbonyl (C=O) groups excluding carboxylic acids is 2. The summed E-state index contributed by atoms with van der Waals surface area (Å²) in [4.78, 5) is 36.3. The average Bonchev–Trinajstić information content (AvgIpc) is 2.69. The molecule has 28 heavy (non-hydrogen) atoms. The lowest BCUT2D eigenvalue weighted by atomic mass is 10.2. The van der Waals surface area contributed by atoms with Crippen LogP contribution in [0.5, 0.6) is 0 Å². The third-order valence-corrected chi connectivity index (χ3v) is 4.73. The fourth-order valence-corrected chi connectivity index (χ4v) is 3.13. The van der Waals surface area contributed by atoms with Gasteiger partial charge in [-0.1, -0.05) is 23.4 Å². The van der Waals surface area contributed by atoms with Gasteiger partial charge in [0, 0.05) is 20.5 Å². The third-order valence-electron chi connectivity index (χ3n) is 3.40. The van der Waals surface area contributed by atoms with Crippen LogP contribution in [0.4, 0.5) is 5.69 Å². The number of benzene rings is 2. The predicted molar refractivity (Wildman–Crippen MR) is 105 cm³/mol. The van der Waals surface area contributed by atoms with Crippen molar-refractivity contribution in [3.8, 4) is 0 Å². The van der Waals surface area contributed by atoms with Crippen LogP contribution in [0.1, 0.15) is 10.4 Å². The second-order valence-corrected chi connectivity index (χ2v) is 6.82. The largest absolute Gasteiger partial charge is 0.478 e. The van der Waals surface area contributed by atoms with E-state index < -0.39 is 17.9 Å². The van der Waals surface area contributed by atoms with E-state index in [1.807, 2.05) is 0 Å². The number of carboxylic acid groups (broad SMARTS) is 1. The number of aromatic carboxylic acids is 1. The molecule has 0 fully saturated rings. The third kappa shape index (κ3) is 5.77. The van der Waals surface area contributed by atoms with Gasteiger partial charge in [0.1, 0.15) is 5.70 Å². The fourth-order valence-electron chi connectivity index (χ4n) is 2.08. The average molecular weight is 422 g/mol. The maximum absolute atomic E-state index is 11.8. The number of carboxylic acids is 1. The number of ether oxygens (including phenoxy) is 2. The van der Waals surface area contributed by atoms with Crippen molar-refractivity contribution in [3.05, 3.63) is 64.8 Å². The van der Waals surface area contributed by atoms with Gasteiger partial charge in [-0.25, -0.2) is 14.4 Å². The topological polar surface area (TPSA) is 102 Å². The van der Waals surface area contributed by atoms with E-state index in [1.54, 1.807) is 36.4 Å². The number of hydrogen-bond donors (Lipinski definition) is 2. The van der Waals surface area contributed by atoms with Crippen LogP contribution in [0, 0.1) is 0 Å². The zero-order valence-corrected chi connectivity index (χ0v) is 16.5. The highest BCUT2D eigenvalue weighted by atomic mass is 35.5. The van der Waals surface area contributed by atoms with Gasteiger partial charge in [0.05, 0.1) is 25.9 Å². The van der Waals surface area contributed by atoms with Crippen LogP contribution in [0.2, 0.25) is 5.02 Å². The van der Waals surface area contributed by atoms with Gasteiger partial charge in [0.25, 0.3) is 0 Å². The number of methoxy groups -OCH3 is 2. The van der Waals surface area contributed by atoms with Gasteiger partial charge in [0.15, 0.2) is 0 Å². The number of rotatable bonds is 7. The molecule has 0 amide bonds. The summed E-state index contributed by atoms with van der Waals surface area (Å²) in [6, 6.07) is 11.5. The first-order chi connectivity index (χ1) is 13.3. The lowest BCUT2D eigenvalue weighted by Crippen LogP contribution is -2.15. The highest BCUT2D eigenvalue weighted by Gasteiger charge is 2.16. The van der Waals surface area contributed by atoms with E-state index in [-0.39, 0.29) is 11.3 Å². The molecule has 0 spiro atoms. The van der Waals surface area contributed by atoms with E-state index in [0.29, 0.717) is 15.6 Å². The summed E-state index contributed by atoms with van der Waals surface area (Å²) in [5, 5.41) is 12.8. The minimum atomic E-state index is -1.14. The van der Waals surface area contributed by atoms with Crippen molar-refractivity contribution in [2.45, 2.75) is 9.79 Å². The van der Waals surface area contributed by atoms with Crippen LogP contribution in [-0.4, -0.2) is 37.2 Å². The first-order valence-electron chi connectivity index (χ1n) is 7.79. The Morgan fingerprint density at radius 3 is 2.32 bits per heavy atom. The summed E-state index contributed by atoms with van der Waals surface area (Å²) in [6.45, 7) is 0. The van der Waals surface area contributed by atoms with Crippen molar-refractivity contribution in [3.63, 3.8) is 0 Å². The molecule has 0 atom stereocenters. The Morgan fingerprint density at radius 2 is 1.75 bits per heavy atom. The molecule has 2 aromatic rings. The van der Waals surface area contributed by atoms with Gasteiger partial charge < -0.3 is 19.9 Å². The van der Waals surface area contributed by atoms with Crippen molar-refractivity contribution in [1.82, 2.24) is 0 Å². The van der Waals surface area contributed by atoms with E-state index >= 15 is 0 Å². The molecule has 0 aromatic heterocycles. The minimum Gasteiger partial charge on any atom is -0.478 e. The van der Waals surface area contributed by atoms with Crippen LogP contribution < -0.4 is 5.32 Å². The molecule has 0 heterocycles. The smallest absolute Gasteiger partial charge is 0.354 e. The molecule has 0 bridgehead atoms. The number of esters is 2. The predicted octanol–water partition coefficient (Wildman–Crippen LogP) is 3.83. The Balaban J connectivity index is 2.33. The van der Waals surface area contributed by atoms with E-state index in [0.717, 1.165) is 18.1 Å². The SMILES string of the molecule is COC(=O)/C=C(/Nc1ccc(Sc2ccc(Cl)cc2)c(C(=O)O)c1)C(=O)OC. The summed E-state index contributed by atoms with van der Waals surface area (Å²) < 4.78 is 9.11. The van der Waals surface area contributed by atoms with Crippen LogP contribution in [0.3, 0.4) is 0 Å². The molecule has 2 N–H and O–H groups in total. The van der Waals surface area contributed by atoms with Gasteiger partial charge in [-0.3, -0.25) is 0 Å². The zero-order valence-electron chi connectivity index (χ0n) is 14.9. The van der Waals surface area contributed by atoms with Crippen LogP contribution >= 0.6 is 23.4 Å². The molecule has 0 saturated carbocycles. The van der Waals surface area contributed by atoms with E-state index in [2.05, 4.69) is 14.8 Å². The van der Waals surface area contributed by atoms with Gasteiger partial charge in [-0.2, -0.15) is 0 Å². The van der Waals surface area contributed by atoms with Crippen molar-refractivity contribution < 1.29 is 29.0 Å². The summed E-state index contributed by atoms with van der Waals surface area (Å²) in [5.41, 5.74) is 0.120. The highest BCUT2D eigenvalue weighted by molar-refractivity contribution is 7.99. The molecule has 2 aromatic carbocycles. The Labute approximate surface area is 170 Å². The molecule has 146 valence electrons. The Kier molecular flexibility index (Phi) is 7.48. The van der Waals surface area contributed by atoms with Crippen LogP contribution in [0.25, 0.3) is 0 Å². The number of halogens is 1. The van der Waals surface area contributed by atoms with Gasteiger partial charge in [0.2, 0.25) is 0 Å². The fraction of sp³-hybridized carbons (Fsp3) is 0.105. The van der Waals surface area contributed by atoms with Crippen molar-refractivity contribution in [2.75, 3.05) is 19.5 Å². The quantitative estimate of drug-likeness (QED) is 0.513. The number of nitrogens with one attached hydrogen (secondary N) is 1. The van der Waals surface area contributed by atoms with Gasteiger partial charge >= 0.3 is 17.9 Å². The maximum Gasteiger partial charge on any atom is 0.354 e. The first-order valence-corrected chi connectivity index (χ1v) is 8.99. The van der Waals surface area contributed by atoms with Gasteiger partial charge in [-0.15, -0.1) is 0 Å². The first kappa shape index (κ1) is 21.3. The van der Waals surface area contributed by atoms with Crippen molar-refractivity contribution in [1.29, 1.82) is 0 Å². The Hall–Kier alpha value is -2.97. The van der Waals surface area contributed by atoms with E-state index in [1.165, 1.54) is 24.9 Å². The molecule has 0 aliphatic rings. The number of hydrogen-bond acceptors (Lipinski definition) is 7. The molecule has 9 heteroatoms. The molecule has 0 radical (unpaired) electrons. The Morgan fingerprint density at radius 1 is 1.07 bits per heavy atom. The molecule has 2 rings (SSSR count). The molecule has 0 aliphatic heterocycles. The highest BCUT2D eigenvalue weighted by Crippen LogP contribution is 2.33. The number of anilines is 1. The van der Waals surface area contributed by atoms with E-state index in [4.69, 9.17) is 11.6 Å². The minimum absolute atomic E-state index is 0.0206. The standard InChI is InChI=1S/C19H16ClNO6S/c1-26-17(22)10-15(19(25)27-2)21-12-5-8-16(14(9-12)18(23)24)28-13-6-3-11(20)4-7-13/h3-10,21H,1-2H3,(H,23,24)/b15-10+. The second kappa shape index (κ2) is 9.82. The molecule has 7 nitrogen and oxygen atoms in total. The lowest BCUT2D eigenvalue weighted by molar-refractivity contribution is -0.138. The Bertz CT molecular complexity index is 927. The summed E-state index contributed by atoms with van der Waals surface area (Å²) in [7, 11) is 2.32. The summed E-state index contributed by atoms with van der Waals surface area (Å²) in [5.74, 6) is -2.71. The van der Waals surface area contributed by atoms with E-state index in [9.17, 15) is 19.5 Å². The molecular weight excluding hydrogens is 406 g/mol. The van der Waals surface area contributed by atoms with Crippen LogP contribution in [0.15, 0.2) is 64.0 Å². The van der Waals surface area contributed by atoms with Crippen LogP contribution in [-0.2, 0) is 19.1 Å². The maximum atomic E-state index is 11.8. The second-order valence-electron chi connectivity index (χ2n) is 5.27. The summed E-state index contributed by atoms with van der Waals surface area (Å²) in [6.07, 6.45) is 0.919. The monoisotopic (exact) mass is 421 g/mol. The molecule has 0 saturated heterocycles. The molecule has 0 aliphatic carbocycles. The molecule has 0 unspecified atom stereocenters. The van der Waals surface area contributed by atoms with Gasteiger partial charge in [-0.05, 0) is 42.5 Å². The normalized spacial score (nSPS) is 10.9. The van der Waals surface area contributed by atoms with Crippen molar-refractivity contribution in [2.24, 2.45) is 0 Å². The number of carbonyl (C=O) groups is 3. The summed E-state index contributed by atoms with van der Waals surface area (Å²) >= 11 is 7.12. The molecular formula is C19H16ClNO6S.